The lowest BCUT2D eigenvalue weighted by Gasteiger charge is -2.25. The highest BCUT2D eigenvalue weighted by molar-refractivity contribution is 6.58. The molecule has 0 bridgehead atoms. The van der Waals surface area contributed by atoms with Crippen LogP contribution in [-0.4, -0.2) is 52.0 Å². The minimum absolute atomic E-state index is 0.0979. The van der Waals surface area contributed by atoms with E-state index in [1.165, 1.54) is 29.6 Å². The number of hydrogen-bond donors (Lipinski definition) is 2. The fourth-order valence-corrected chi connectivity index (χ4v) is 3.17. The number of nitrogens with zero attached hydrogens (tertiary/aromatic N) is 1. The molecule has 2 amide bonds. The summed E-state index contributed by atoms with van der Waals surface area (Å²) in [7, 11) is 4.29. The first kappa shape index (κ1) is 30.2. The van der Waals surface area contributed by atoms with Gasteiger partial charge in [0.1, 0.15) is 46.4 Å². The SMILES string of the molecule is BC(B)(B)Oc1c(Oc2ccc(C(F)F)c(F)c2C(=O)Nc2ccc(C(N)=O)nc2)ccc(OC(F)(F)F)c1F. The Hall–Kier alpha value is -4.37. The summed E-state index contributed by atoms with van der Waals surface area (Å²) in [6.45, 7) is 0. The minimum atomic E-state index is -5.26. The average molecular weight is 569 g/mol. The van der Waals surface area contributed by atoms with Crippen molar-refractivity contribution in [3.05, 3.63) is 71.1 Å². The number of hydrogen-bond acceptors (Lipinski definition) is 6. The summed E-state index contributed by atoms with van der Waals surface area (Å²) >= 11 is 0. The fourth-order valence-electron chi connectivity index (χ4n) is 3.17. The number of anilines is 1. The molecule has 208 valence electrons. The number of primary amides is 1. The van der Waals surface area contributed by atoms with Gasteiger partial charge in [-0.1, -0.05) is 0 Å². The van der Waals surface area contributed by atoms with Crippen LogP contribution in [-0.2, 0) is 0 Å². The summed E-state index contributed by atoms with van der Waals surface area (Å²) in [5.74, 6) is -9.05. The number of aromatic nitrogens is 1. The molecule has 40 heavy (non-hydrogen) atoms. The highest BCUT2D eigenvalue weighted by atomic mass is 19.4. The molecule has 0 atom stereocenters. The number of halogens is 7. The van der Waals surface area contributed by atoms with Crippen molar-refractivity contribution < 1.29 is 54.5 Å². The zero-order chi connectivity index (χ0) is 30.0. The van der Waals surface area contributed by atoms with Crippen LogP contribution in [0.1, 0.15) is 32.8 Å². The number of carbonyl (C=O) groups excluding carboxylic acids is 2. The second-order valence-corrected chi connectivity index (χ2v) is 8.96. The molecule has 0 fully saturated rings. The third kappa shape index (κ3) is 7.39. The normalized spacial score (nSPS) is 11.7. The lowest BCUT2D eigenvalue weighted by Crippen LogP contribution is -2.38. The Kier molecular flexibility index (Phi) is 8.60. The maximum atomic E-state index is 15.2. The number of nitrogens with two attached hydrogens (primary N) is 1. The van der Waals surface area contributed by atoms with E-state index in [9.17, 15) is 31.5 Å². The molecule has 3 aromatic rings. The minimum Gasteiger partial charge on any atom is -0.508 e. The second-order valence-electron chi connectivity index (χ2n) is 8.96. The van der Waals surface area contributed by atoms with Crippen molar-refractivity contribution in [2.24, 2.45) is 5.73 Å². The van der Waals surface area contributed by atoms with Crippen molar-refractivity contribution in [1.82, 2.24) is 4.98 Å². The van der Waals surface area contributed by atoms with Crippen LogP contribution in [0.2, 0.25) is 0 Å². The molecule has 0 saturated carbocycles. The average Bonchev–Trinajstić information content (AvgIpc) is 2.81. The van der Waals surface area contributed by atoms with Gasteiger partial charge in [-0.15, -0.1) is 13.2 Å². The quantitative estimate of drug-likeness (QED) is 0.302. The number of alkyl halides is 5. The number of ether oxygens (including phenoxy) is 3. The molecule has 0 unspecified atom stereocenters. The summed E-state index contributed by atoms with van der Waals surface area (Å²) in [4.78, 5) is 27.9. The lowest BCUT2D eigenvalue weighted by molar-refractivity contribution is -0.275. The summed E-state index contributed by atoms with van der Waals surface area (Å²) in [6, 6.07) is 5.03. The van der Waals surface area contributed by atoms with E-state index in [0.717, 1.165) is 24.4 Å². The van der Waals surface area contributed by atoms with E-state index in [2.05, 4.69) is 15.0 Å². The molecular weight excluding hydrogens is 552 g/mol. The number of amides is 2. The van der Waals surface area contributed by atoms with Gasteiger partial charge in [0.15, 0.2) is 17.2 Å². The van der Waals surface area contributed by atoms with E-state index < -0.39 is 75.7 Å². The summed E-state index contributed by atoms with van der Waals surface area (Å²) in [5, 5.41) is 0.984. The van der Waals surface area contributed by atoms with Crippen LogP contribution in [0.4, 0.5) is 36.4 Å². The van der Waals surface area contributed by atoms with Gasteiger partial charge in [0, 0.05) is 5.30 Å². The van der Waals surface area contributed by atoms with Crippen LogP contribution >= 0.6 is 0 Å². The van der Waals surface area contributed by atoms with Gasteiger partial charge in [-0.2, -0.15) is 4.39 Å². The molecular formula is C22H17B3F7N3O5. The third-order valence-corrected chi connectivity index (χ3v) is 4.75. The van der Waals surface area contributed by atoms with Crippen molar-refractivity contribution in [2.75, 3.05) is 5.32 Å². The number of carbonyl (C=O) groups is 2. The van der Waals surface area contributed by atoms with Crippen molar-refractivity contribution >= 4 is 41.0 Å². The van der Waals surface area contributed by atoms with Crippen molar-refractivity contribution in [1.29, 1.82) is 0 Å². The number of benzene rings is 2. The molecule has 0 aliphatic carbocycles. The topological polar surface area (TPSA) is 113 Å². The Labute approximate surface area is 224 Å². The predicted octanol–water partition coefficient (Wildman–Crippen LogP) is 2.23. The highest BCUT2D eigenvalue weighted by Gasteiger charge is 2.35. The van der Waals surface area contributed by atoms with Gasteiger partial charge in [0.25, 0.3) is 18.2 Å². The van der Waals surface area contributed by atoms with Gasteiger partial charge in [-0.05, 0) is 36.4 Å². The van der Waals surface area contributed by atoms with E-state index in [4.69, 9.17) is 15.2 Å². The van der Waals surface area contributed by atoms with E-state index >= 15 is 8.78 Å². The van der Waals surface area contributed by atoms with E-state index in [1.54, 1.807) is 0 Å². The standard InChI is InChI=1S/C22H17B3F7N3O5/c23-21(24,25)40-17-13(6-5-12(16(17)27)39-22(30,31)32)38-11-4-2-9(18(28)29)15(26)14(11)20(37)35-8-1-3-10(19(33)36)34-7-8/h1-7,18H,23-25H2,(H2,33,36)(H,35,37). The van der Waals surface area contributed by atoms with Crippen LogP contribution < -0.4 is 25.3 Å². The third-order valence-electron chi connectivity index (χ3n) is 4.75. The van der Waals surface area contributed by atoms with Crippen molar-refractivity contribution in [2.45, 2.75) is 18.1 Å². The number of rotatable bonds is 9. The van der Waals surface area contributed by atoms with Gasteiger partial charge < -0.3 is 25.3 Å². The van der Waals surface area contributed by atoms with Crippen LogP contribution in [0, 0.1) is 11.6 Å². The van der Waals surface area contributed by atoms with Gasteiger partial charge in [-0.25, -0.2) is 18.2 Å². The Balaban J connectivity index is 2.10. The monoisotopic (exact) mass is 569 g/mol. The molecule has 0 radical (unpaired) electrons. The zero-order valence-corrected chi connectivity index (χ0v) is 20.8. The molecule has 1 heterocycles. The Bertz CT molecular complexity index is 1440. The summed E-state index contributed by atoms with van der Waals surface area (Å²) in [5.41, 5.74) is 2.59. The molecule has 18 heteroatoms. The molecule has 0 aliphatic heterocycles. The first-order valence-electron chi connectivity index (χ1n) is 11.1. The molecule has 8 nitrogen and oxygen atoms in total. The van der Waals surface area contributed by atoms with Crippen LogP contribution in [0.5, 0.6) is 23.0 Å². The van der Waals surface area contributed by atoms with Crippen molar-refractivity contribution in [3.63, 3.8) is 0 Å². The van der Waals surface area contributed by atoms with Crippen LogP contribution in [0.3, 0.4) is 0 Å². The predicted molar refractivity (Wildman–Crippen MR) is 134 cm³/mol. The highest BCUT2D eigenvalue weighted by Crippen LogP contribution is 2.42. The Morgan fingerprint density at radius 1 is 0.900 bits per heavy atom. The molecule has 3 N–H and O–H groups in total. The summed E-state index contributed by atoms with van der Waals surface area (Å²) < 4.78 is 110. The summed E-state index contributed by atoms with van der Waals surface area (Å²) in [6.07, 6.45) is -7.63. The van der Waals surface area contributed by atoms with Crippen molar-refractivity contribution in [3.8, 4) is 23.0 Å². The van der Waals surface area contributed by atoms with E-state index in [0.29, 0.717) is 12.1 Å². The number of nitrogens with one attached hydrogen (secondary N) is 1. The molecule has 0 spiro atoms. The molecule has 1 aromatic heterocycles. The number of pyridine rings is 1. The molecule has 0 aliphatic rings. The Morgan fingerprint density at radius 3 is 2.05 bits per heavy atom. The van der Waals surface area contributed by atoms with Crippen LogP contribution in [0.15, 0.2) is 42.6 Å². The molecule has 0 saturated heterocycles. The molecule has 3 rings (SSSR count). The van der Waals surface area contributed by atoms with Gasteiger partial charge in [0.05, 0.1) is 17.4 Å². The van der Waals surface area contributed by atoms with E-state index in [-0.39, 0.29) is 11.4 Å². The Morgan fingerprint density at radius 2 is 1.52 bits per heavy atom. The lowest BCUT2D eigenvalue weighted by atomic mass is 9.52. The first-order valence-corrected chi connectivity index (χ1v) is 11.1. The van der Waals surface area contributed by atoms with E-state index in [1.807, 2.05) is 0 Å². The van der Waals surface area contributed by atoms with Crippen LogP contribution in [0.25, 0.3) is 0 Å². The van der Waals surface area contributed by atoms with Gasteiger partial charge in [0.2, 0.25) is 5.82 Å². The van der Waals surface area contributed by atoms with Gasteiger partial charge >= 0.3 is 6.36 Å². The smallest absolute Gasteiger partial charge is 0.508 e. The largest absolute Gasteiger partial charge is 0.573 e. The zero-order valence-electron chi connectivity index (χ0n) is 20.8. The fraction of sp³-hybridized carbons (Fsp3) is 0.136. The first-order chi connectivity index (χ1) is 18.5. The van der Waals surface area contributed by atoms with Gasteiger partial charge in [-0.3, -0.25) is 9.59 Å². The maximum Gasteiger partial charge on any atom is 0.573 e. The molecule has 2 aromatic carbocycles. The maximum absolute atomic E-state index is 15.2. The second kappa shape index (κ2) is 11.4.